The lowest BCUT2D eigenvalue weighted by Gasteiger charge is -2.26. The molecule has 0 radical (unpaired) electrons. The van der Waals surface area contributed by atoms with E-state index >= 15 is 0 Å². The highest BCUT2D eigenvalue weighted by Crippen LogP contribution is 2.40. The predicted octanol–water partition coefficient (Wildman–Crippen LogP) is 14.6. The number of nitrogens with zero attached hydrogens (tertiary/aromatic N) is 1. The van der Waals surface area contributed by atoms with Gasteiger partial charge in [-0.2, -0.15) is 0 Å². The number of hydrogen-bond donors (Lipinski definition) is 0. The molecule has 53 heavy (non-hydrogen) atoms. The van der Waals surface area contributed by atoms with Gasteiger partial charge in [0.1, 0.15) is 0 Å². The summed E-state index contributed by atoms with van der Waals surface area (Å²) >= 11 is 0. The Balaban J connectivity index is 1.11. The molecule has 250 valence electrons. The third-order valence-electron chi connectivity index (χ3n) is 10.1. The minimum Gasteiger partial charge on any atom is -0.310 e. The molecule has 1 heteroatoms. The van der Waals surface area contributed by atoms with Crippen molar-refractivity contribution in [1.82, 2.24) is 0 Å². The predicted molar refractivity (Wildman–Crippen MR) is 226 cm³/mol. The van der Waals surface area contributed by atoms with Crippen molar-refractivity contribution in [1.29, 1.82) is 0 Å². The van der Waals surface area contributed by atoms with Crippen molar-refractivity contribution in [3.63, 3.8) is 0 Å². The van der Waals surface area contributed by atoms with Gasteiger partial charge in [-0.3, -0.25) is 0 Å². The number of rotatable bonds is 8. The van der Waals surface area contributed by atoms with Gasteiger partial charge in [0.25, 0.3) is 0 Å². The maximum Gasteiger partial charge on any atom is 0.0467 e. The largest absolute Gasteiger partial charge is 0.310 e. The molecule has 0 fully saturated rings. The number of hydrogen-bond acceptors (Lipinski definition) is 1. The van der Waals surface area contributed by atoms with Crippen LogP contribution in [0.4, 0.5) is 17.1 Å². The van der Waals surface area contributed by atoms with E-state index in [2.05, 4.69) is 229 Å². The summed E-state index contributed by atoms with van der Waals surface area (Å²) in [7, 11) is 0. The van der Waals surface area contributed by atoms with Crippen LogP contribution in [0.25, 0.3) is 66.4 Å². The maximum atomic E-state index is 2.36. The molecular formula is C52H37N. The lowest BCUT2D eigenvalue weighted by atomic mass is 9.94. The molecule has 0 unspecified atom stereocenters. The van der Waals surface area contributed by atoms with Crippen molar-refractivity contribution in [2.75, 3.05) is 4.90 Å². The van der Waals surface area contributed by atoms with E-state index in [4.69, 9.17) is 0 Å². The van der Waals surface area contributed by atoms with Crippen LogP contribution < -0.4 is 4.90 Å². The highest BCUT2D eigenvalue weighted by molar-refractivity contribution is 5.97. The van der Waals surface area contributed by atoms with Gasteiger partial charge >= 0.3 is 0 Å². The lowest BCUT2D eigenvalue weighted by Crippen LogP contribution is -2.10. The Kier molecular flexibility index (Phi) is 8.66. The van der Waals surface area contributed by atoms with Gasteiger partial charge in [0.2, 0.25) is 0 Å². The fourth-order valence-corrected chi connectivity index (χ4v) is 7.42. The Hall–Kier alpha value is -6.96. The van der Waals surface area contributed by atoms with E-state index in [1.54, 1.807) is 0 Å². The van der Waals surface area contributed by atoms with E-state index in [-0.39, 0.29) is 0 Å². The average molecular weight is 676 g/mol. The minimum absolute atomic E-state index is 1.10. The molecule has 0 saturated carbocycles. The molecule has 0 bridgehead atoms. The van der Waals surface area contributed by atoms with E-state index < -0.39 is 0 Å². The molecule has 0 aliphatic heterocycles. The highest BCUT2D eigenvalue weighted by atomic mass is 15.1. The zero-order valence-corrected chi connectivity index (χ0v) is 29.3. The van der Waals surface area contributed by atoms with Crippen molar-refractivity contribution in [2.45, 2.75) is 0 Å². The molecule has 1 nitrogen and oxygen atoms in total. The fourth-order valence-electron chi connectivity index (χ4n) is 7.42. The molecule has 0 atom stereocenters. The molecule has 0 aliphatic carbocycles. The van der Waals surface area contributed by atoms with Gasteiger partial charge in [0, 0.05) is 17.1 Å². The molecule has 0 saturated heterocycles. The first-order chi connectivity index (χ1) is 26.3. The molecule has 9 aromatic carbocycles. The topological polar surface area (TPSA) is 3.24 Å². The highest BCUT2D eigenvalue weighted by Gasteiger charge is 2.16. The van der Waals surface area contributed by atoms with E-state index in [0.717, 1.165) is 17.1 Å². The summed E-state index contributed by atoms with van der Waals surface area (Å²) < 4.78 is 0. The summed E-state index contributed by atoms with van der Waals surface area (Å²) in [6, 6.07) is 80.7. The van der Waals surface area contributed by atoms with E-state index in [1.807, 2.05) is 0 Å². The third-order valence-corrected chi connectivity index (χ3v) is 10.1. The second kappa shape index (κ2) is 14.3. The van der Waals surface area contributed by atoms with Crippen LogP contribution in [0.5, 0.6) is 0 Å². The van der Waals surface area contributed by atoms with Crippen molar-refractivity contribution >= 4 is 27.8 Å². The standard InChI is InChI=1S/C52H37N/c1-3-13-38(14-4-1)39-25-27-40(28-26-39)41-29-33-46(34-30-41)53(48-20-11-19-45(37-48)52-24-12-18-43-17-7-8-21-50(43)52)47-35-31-44(32-36-47)51-23-10-9-22-49(51)42-15-5-2-6-16-42/h1-37H. The van der Waals surface area contributed by atoms with Gasteiger partial charge in [-0.25, -0.2) is 0 Å². The van der Waals surface area contributed by atoms with Gasteiger partial charge in [-0.15, -0.1) is 0 Å². The molecule has 0 aliphatic rings. The zero-order chi connectivity index (χ0) is 35.4. The fraction of sp³-hybridized carbons (Fsp3) is 0. The Morgan fingerprint density at radius 1 is 0.226 bits per heavy atom. The SMILES string of the molecule is c1ccc(-c2ccc(-c3ccc(N(c4ccc(-c5ccccc5-c5ccccc5)cc4)c4cccc(-c5cccc6ccccc56)c4)cc3)cc2)cc1. The maximum absolute atomic E-state index is 2.36. The van der Waals surface area contributed by atoms with Crippen molar-refractivity contribution < 1.29 is 0 Å². The first kappa shape index (κ1) is 32.0. The third kappa shape index (κ3) is 6.53. The van der Waals surface area contributed by atoms with E-state index in [0.29, 0.717) is 0 Å². The first-order valence-electron chi connectivity index (χ1n) is 18.2. The van der Waals surface area contributed by atoms with Crippen LogP contribution in [0.15, 0.2) is 224 Å². The lowest BCUT2D eigenvalue weighted by molar-refractivity contribution is 1.28. The van der Waals surface area contributed by atoms with Crippen LogP contribution in [0.1, 0.15) is 0 Å². The van der Waals surface area contributed by atoms with Gasteiger partial charge < -0.3 is 4.90 Å². The second-order valence-electron chi connectivity index (χ2n) is 13.4. The molecule has 0 amide bonds. The second-order valence-corrected chi connectivity index (χ2v) is 13.4. The van der Waals surface area contributed by atoms with Crippen LogP contribution in [-0.2, 0) is 0 Å². The molecule has 9 rings (SSSR count). The molecule has 0 heterocycles. The van der Waals surface area contributed by atoms with Crippen LogP contribution in [0.2, 0.25) is 0 Å². The summed E-state index contributed by atoms with van der Waals surface area (Å²) in [5, 5.41) is 2.49. The molecule has 0 N–H and O–H groups in total. The van der Waals surface area contributed by atoms with Crippen LogP contribution in [-0.4, -0.2) is 0 Å². The monoisotopic (exact) mass is 675 g/mol. The number of fused-ring (bicyclic) bond motifs is 1. The summed E-state index contributed by atoms with van der Waals surface area (Å²) in [5.74, 6) is 0. The van der Waals surface area contributed by atoms with Crippen molar-refractivity contribution in [3.05, 3.63) is 224 Å². The molecule has 0 aromatic heterocycles. The number of anilines is 3. The van der Waals surface area contributed by atoms with Crippen LogP contribution in [0.3, 0.4) is 0 Å². The smallest absolute Gasteiger partial charge is 0.0467 e. The van der Waals surface area contributed by atoms with Crippen LogP contribution in [0, 0.1) is 0 Å². The number of benzene rings is 9. The molecule has 9 aromatic rings. The Morgan fingerprint density at radius 2 is 0.623 bits per heavy atom. The minimum atomic E-state index is 1.10. The van der Waals surface area contributed by atoms with Gasteiger partial charge in [-0.05, 0) is 103 Å². The summed E-state index contributed by atoms with van der Waals surface area (Å²) in [6.07, 6.45) is 0. The van der Waals surface area contributed by atoms with Gasteiger partial charge in [-0.1, -0.05) is 188 Å². The zero-order valence-electron chi connectivity index (χ0n) is 29.3. The van der Waals surface area contributed by atoms with Crippen LogP contribution >= 0.6 is 0 Å². The average Bonchev–Trinajstić information content (AvgIpc) is 3.25. The summed E-state index contributed by atoms with van der Waals surface area (Å²) in [6.45, 7) is 0. The Morgan fingerprint density at radius 3 is 1.25 bits per heavy atom. The Labute approximate surface area is 311 Å². The van der Waals surface area contributed by atoms with Crippen molar-refractivity contribution in [3.8, 4) is 55.6 Å². The van der Waals surface area contributed by atoms with Gasteiger partial charge in [0.15, 0.2) is 0 Å². The summed E-state index contributed by atoms with van der Waals surface area (Å²) in [5.41, 5.74) is 15.4. The Bertz CT molecular complexity index is 2620. The summed E-state index contributed by atoms with van der Waals surface area (Å²) in [4.78, 5) is 2.36. The first-order valence-corrected chi connectivity index (χ1v) is 18.2. The van der Waals surface area contributed by atoms with Gasteiger partial charge in [0.05, 0.1) is 0 Å². The molecule has 0 spiro atoms. The van der Waals surface area contributed by atoms with E-state index in [1.165, 1.54) is 66.4 Å². The van der Waals surface area contributed by atoms with Crippen molar-refractivity contribution in [2.24, 2.45) is 0 Å². The normalized spacial score (nSPS) is 11.0. The quantitative estimate of drug-likeness (QED) is 0.155. The van der Waals surface area contributed by atoms with E-state index in [9.17, 15) is 0 Å². The molecular weight excluding hydrogens is 639 g/mol.